The van der Waals surface area contributed by atoms with Crippen LogP contribution in [0, 0.1) is 0 Å². The highest BCUT2D eigenvalue weighted by Crippen LogP contribution is 2.25. The molecule has 4 nitrogen and oxygen atoms in total. The summed E-state index contributed by atoms with van der Waals surface area (Å²) in [7, 11) is 3.10. The van der Waals surface area contributed by atoms with E-state index < -0.39 is 0 Å². The monoisotopic (exact) mass is 281 g/mol. The van der Waals surface area contributed by atoms with Crippen molar-refractivity contribution in [2.45, 2.75) is 23.5 Å². The van der Waals surface area contributed by atoms with Crippen molar-refractivity contribution in [3.63, 3.8) is 0 Å². The first-order valence-corrected chi connectivity index (χ1v) is 7.33. The van der Waals surface area contributed by atoms with Gasteiger partial charge in [0, 0.05) is 17.5 Å². The second kappa shape index (κ2) is 6.82. The minimum atomic E-state index is -0.160. The number of hydrogen-bond donors (Lipinski definition) is 1. The van der Waals surface area contributed by atoms with Gasteiger partial charge in [0.15, 0.2) is 0 Å². The van der Waals surface area contributed by atoms with Crippen LogP contribution in [-0.4, -0.2) is 38.0 Å². The second-order valence-corrected chi connectivity index (χ2v) is 5.79. The molecule has 1 fully saturated rings. The summed E-state index contributed by atoms with van der Waals surface area (Å²) in [6, 6.07) is 7.95. The van der Waals surface area contributed by atoms with Gasteiger partial charge >= 0.3 is 5.97 Å². The molecule has 19 heavy (non-hydrogen) atoms. The quantitative estimate of drug-likeness (QED) is 0.834. The van der Waals surface area contributed by atoms with Crippen LogP contribution in [0.2, 0.25) is 0 Å². The van der Waals surface area contributed by atoms with E-state index in [4.69, 9.17) is 9.47 Å². The zero-order valence-corrected chi connectivity index (χ0v) is 12.0. The maximum Gasteiger partial charge on any atom is 0.322 e. The van der Waals surface area contributed by atoms with Crippen LogP contribution in [0.15, 0.2) is 24.3 Å². The van der Waals surface area contributed by atoms with Gasteiger partial charge in [0.2, 0.25) is 0 Å². The van der Waals surface area contributed by atoms with Gasteiger partial charge in [0.1, 0.15) is 11.8 Å². The molecule has 104 valence electrons. The first-order chi connectivity index (χ1) is 9.22. The summed E-state index contributed by atoms with van der Waals surface area (Å²) in [6.45, 7) is 0.862. The third-order valence-corrected chi connectivity index (χ3v) is 4.55. The Balaban J connectivity index is 1.78. The number of benzene rings is 1. The molecule has 0 spiro atoms. The number of ether oxygens (including phenoxy) is 2. The molecule has 0 radical (unpaired) electrons. The van der Waals surface area contributed by atoms with Gasteiger partial charge in [0.25, 0.3) is 0 Å². The molecule has 0 saturated carbocycles. The lowest BCUT2D eigenvalue weighted by Gasteiger charge is -2.09. The Labute approximate surface area is 117 Å². The Morgan fingerprint density at radius 3 is 2.74 bits per heavy atom. The van der Waals surface area contributed by atoms with E-state index in [0.29, 0.717) is 5.25 Å². The fourth-order valence-electron chi connectivity index (χ4n) is 2.09. The molecule has 0 aromatic heterocycles. The van der Waals surface area contributed by atoms with E-state index in [1.54, 1.807) is 7.11 Å². The van der Waals surface area contributed by atoms with Crippen LogP contribution in [-0.2, 0) is 15.3 Å². The standard InChI is InChI=1S/C14H19NO3S/c1-17-11-5-3-10(4-6-11)9-19-12-7-13(15-8-12)14(16)18-2/h3-6,12-13,15H,7-9H2,1-2H3/t12-,13-/m0/s1. The average Bonchev–Trinajstić information content (AvgIpc) is 2.93. The number of esters is 1. The number of carbonyl (C=O) groups is 1. The van der Waals surface area contributed by atoms with Crippen LogP contribution in [0.5, 0.6) is 5.75 Å². The smallest absolute Gasteiger partial charge is 0.322 e. The summed E-state index contributed by atoms with van der Waals surface area (Å²) in [5.74, 6) is 1.67. The molecular formula is C14H19NO3S. The molecule has 5 heteroatoms. The van der Waals surface area contributed by atoms with E-state index in [0.717, 1.165) is 24.5 Å². The van der Waals surface area contributed by atoms with Gasteiger partial charge in [-0.1, -0.05) is 12.1 Å². The summed E-state index contributed by atoms with van der Waals surface area (Å²) in [6.07, 6.45) is 0.841. The number of methoxy groups -OCH3 is 2. The number of nitrogens with one attached hydrogen (secondary N) is 1. The number of rotatable bonds is 5. The largest absolute Gasteiger partial charge is 0.497 e. The molecule has 0 bridgehead atoms. The summed E-state index contributed by atoms with van der Waals surface area (Å²) < 4.78 is 9.88. The molecule has 2 rings (SSSR count). The van der Waals surface area contributed by atoms with E-state index in [1.165, 1.54) is 12.7 Å². The molecule has 0 amide bonds. The van der Waals surface area contributed by atoms with Crippen LogP contribution >= 0.6 is 11.8 Å². The zero-order chi connectivity index (χ0) is 13.7. The average molecular weight is 281 g/mol. The third-order valence-electron chi connectivity index (χ3n) is 3.22. The van der Waals surface area contributed by atoms with Gasteiger partial charge in [-0.2, -0.15) is 11.8 Å². The van der Waals surface area contributed by atoms with E-state index in [2.05, 4.69) is 17.4 Å². The first-order valence-electron chi connectivity index (χ1n) is 6.28. The fourth-order valence-corrected chi connectivity index (χ4v) is 3.25. The van der Waals surface area contributed by atoms with Gasteiger partial charge in [-0.15, -0.1) is 0 Å². The summed E-state index contributed by atoms with van der Waals surface area (Å²) in [5, 5.41) is 3.66. The summed E-state index contributed by atoms with van der Waals surface area (Å²) in [5.41, 5.74) is 1.27. The minimum absolute atomic E-state index is 0.140. The molecular weight excluding hydrogens is 262 g/mol. The maximum absolute atomic E-state index is 11.4. The van der Waals surface area contributed by atoms with Crippen LogP contribution in [0.25, 0.3) is 0 Å². The van der Waals surface area contributed by atoms with Gasteiger partial charge in [-0.3, -0.25) is 4.79 Å². The lowest BCUT2D eigenvalue weighted by atomic mass is 10.2. The Kier molecular flexibility index (Phi) is 5.10. The van der Waals surface area contributed by atoms with Crippen molar-refractivity contribution in [1.29, 1.82) is 0 Å². The Morgan fingerprint density at radius 1 is 1.37 bits per heavy atom. The number of thioether (sulfide) groups is 1. The van der Waals surface area contributed by atoms with Gasteiger partial charge < -0.3 is 14.8 Å². The van der Waals surface area contributed by atoms with E-state index in [1.807, 2.05) is 23.9 Å². The Bertz CT molecular complexity index is 421. The normalized spacial score (nSPS) is 22.2. The van der Waals surface area contributed by atoms with Crippen LogP contribution < -0.4 is 10.1 Å². The molecule has 0 unspecified atom stereocenters. The predicted molar refractivity (Wildman–Crippen MR) is 76.5 cm³/mol. The SMILES string of the molecule is COC(=O)[C@@H]1C[C@H](SCc2ccc(OC)cc2)CN1. The summed E-state index contributed by atoms with van der Waals surface area (Å²) in [4.78, 5) is 11.4. The van der Waals surface area contributed by atoms with Gasteiger partial charge in [-0.25, -0.2) is 0 Å². The van der Waals surface area contributed by atoms with E-state index in [-0.39, 0.29) is 12.0 Å². The van der Waals surface area contributed by atoms with Crippen molar-refractivity contribution in [1.82, 2.24) is 5.32 Å². The van der Waals surface area contributed by atoms with Crippen molar-refractivity contribution in [3.8, 4) is 5.75 Å². The molecule has 1 saturated heterocycles. The Morgan fingerprint density at radius 2 is 2.11 bits per heavy atom. The highest BCUT2D eigenvalue weighted by molar-refractivity contribution is 7.99. The summed E-state index contributed by atoms with van der Waals surface area (Å²) >= 11 is 1.87. The lowest BCUT2D eigenvalue weighted by molar-refractivity contribution is -0.142. The van der Waals surface area contributed by atoms with Crippen LogP contribution in [0.3, 0.4) is 0 Å². The highest BCUT2D eigenvalue weighted by atomic mass is 32.2. The number of hydrogen-bond acceptors (Lipinski definition) is 5. The van der Waals surface area contributed by atoms with Crippen molar-refractivity contribution >= 4 is 17.7 Å². The lowest BCUT2D eigenvalue weighted by Crippen LogP contribution is -2.31. The number of carbonyl (C=O) groups excluding carboxylic acids is 1. The molecule has 1 N–H and O–H groups in total. The molecule has 1 aromatic rings. The van der Waals surface area contributed by atoms with Crippen LogP contribution in [0.4, 0.5) is 0 Å². The molecule has 1 aromatic carbocycles. The Hall–Kier alpha value is -1.20. The highest BCUT2D eigenvalue weighted by Gasteiger charge is 2.30. The molecule has 1 heterocycles. The maximum atomic E-state index is 11.4. The van der Waals surface area contributed by atoms with Crippen molar-refractivity contribution in [3.05, 3.63) is 29.8 Å². The van der Waals surface area contributed by atoms with Crippen molar-refractivity contribution in [2.24, 2.45) is 0 Å². The first kappa shape index (κ1) is 14.2. The van der Waals surface area contributed by atoms with E-state index >= 15 is 0 Å². The van der Waals surface area contributed by atoms with Gasteiger partial charge in [0.05, 0.1) is 14.2 Å². The predicted octanol–water partition coefficient (Wildman–Crippen LogP) is 1.83. The molecule has 1 aliphatic heterocycles. The zero-order valence-electron chi connectivity index (χ0n) is 11.2. The second-order valence-electron chi connectivity index (χ2n) is 4.50. The molecule has 1 aliphatic rings. The topological polar surface area (TPSA) is 47.6 Å². The van der Waals surface area contributed by atoms with E-state index in [9.17, 15) is 4.79 Å². The molecule has 0 aliphatic carbocycles. The van der Waals surface area contributed by atoms with Crippen molar-refractivity contribution < 1.29 is 14.3 Å². The fraction of sp³-hybridized carbons (Fsp3) is 0.500. The van der Waals surface area contributed by atoms with Crippen LogP contribution in [0.1, 0.15) is 12.0 Å². The van der Waals surface area contributed by atoms with Gasteiger partial charge in [-0.05, 0) is 24.1 Å². The molecule has 2 atom stereocenters. The van der Waals surface area contributed by atoms with Crippen molar-refractivity contribution in [2.75, 3.05) is 20.8 Å². The minimum Gasteiger partial charge on any atom is -0.497 e. The third kappa shape index (κ3) is 3.88.